The van der Waals surface area contributed by atoms with E-state index in [0.717, 1.165) is 12.8 Å². The van der Waals surface area contributed by atoms with E-state index in [1.165, 1.54) is 6.21 Å². The molecule has 0 radical (unpaired) electrons. The Bertz CT molecular complexity index is 491. The quantitative estimate of drug-likeness (QED) is 0.257. The third-order valence-electron chi connectivity index (χ3n) is 2.89. The van der Waals surface area contributed by atoms with Crippen molar-refractivity contribution >= 4 is 18.2 Å². The zero-order valence-corrected chi connectivity index (χ0v) is 12.3. The second-order valence-electron chi connectivity index (χ2n) is 4.68. The molecule has 1 atom stereocenters. The van der Waals surface area contributed by atoms with Gasteiger partial charge in [0.25, 0.3) is 0 Å². The van der Waals surface area contributed by atoms with Crippen molar-refractivity contribution in [3.63, 3.8) is 0 Å². The lowest BCUT2D eigenvalue weighted by Gasteiger charge is -2.05. The topological polar surface area (TPSA) is 114 Å². The molecule has 1 aromatic rings. The monoisotopic (exact) mass is 307 g/mol. The number of carbonyl (C=O) groups excluding carboxylic acids is 1. The number of carboxylic acids is 1. The maximum absolute atomic E-state index is 11.5. The highest BCUT2D eigenvalue weighted by Crippen LogP contribution is 2.00. The van der Waals surface area contributed by atoms with Crippen LogP contribution >= 0.6 is 0 Å². The molecule has 7 nitrogen and oxygen atoms in total. The minimum absolute atomic E-state index is 0.447. The first-order valence-electron chi connectivity index (χ1n) is 7.08. The number of nitrogens with one attached hydrogen (secondary N) is 1. The van der Waals surface area contributed by atoms with E-state index in [1.54, 1.807) is 24.3 Å². The molecule has 0 heterocycles. The minimum atomic E-state index is -0.972. The Morgan fingerprint density at radius 1 is 1.32 bits per heavy atom. The van der Waals surface area contributed by atoms with E-state index in [-0.39, 0.29) is 0 Å². The van der Waals surface area contributed by atoms with Crippen molar-refractivity contribution in [1.29, 1.82) is 0 Å². The fourth-order valence-electron chi connectivity index (χ4n) is 1.65. The molecule has 0 fully saturated rings. The summed E-state index contributed by atoms with van der Waals surface area (Å²) in [5.41, 5.74) is 5.83. The smallest absolute Gasteiger partial charge is 0.365 e. The SMILES string of the molecule is N[C@@H](CCCCNCC=NOC(=O)c1ccccc1)C(=O)O. The van der Waals surface area contributed by atoms with Gasteiger partial charge in [0.15, 0.2) is 0 Å². The van der Waals surface area contributed by atoms with E-state index in [1.807, 2.05) is 6.07 Å². The van der Waals surface area contributed by atoms with Gasteiger partial charge in [-0.05, 0) is 31.5 Å². The van der Waals surface area contributed by atoms with E-state index in [0.29, 0.717) is 25.1 Å². The summed E-state index contributed by atoms with van der Waals surface area (Å²) in [6, 6.07) is 7.82. The van der Waals surface area contributed by atoms with Gasteiger partial charge in [-0.3, -0.25) is 4.79 Å². The second kappa shape index (κ2) is 10.5. The first-order valence-corrected chi connectivity index (χ1v) is 7.08. The van der Waals surface area contributed by atoms with Crippen molar-refractivity contribution in [2.75, 3.05) is 13.1 Å². The zero-order valence-electron chi connectivity index (χ0n) is 12.3. The highest BCUT2D eigenvalue weighted by molar-refractivity contribution is 5.89. The summed E-state index contributed by atoms with van der Waals surface area (Å²) >= 11 is 0. The van der Waals surface area contributed by atoms with Crippen LogP contribution in [0.5, 0.6) is 0 Å². The number of benzene rings is 1. The van der Waals surface area contributed by atoms with Gasteiger partial charge in [0, 0.05) is 6.54 Å². The van der Waals surface area contributed by atoms with Crippen LogP contribution in [-0.4, -0.2) is 42.4 Å². The number of nitrogens with two attached hydrogens (primary N) is 1. The molecule has 0 saturated carbocycles. The molecule has 0 bridgehead atoms. The lowest BCUT2D eigenvalue weighted by Crippen LogP contribution is -2.30. The van der Waals surface area contributed by atoms with Crippen molar-refractivity contribution < 1.29 is 19.5 Å². The van der Waals surface area contributed by atoms with Gasteiger partial charge >= 0.3 is 11.9 Å². The maximum Gasteiger partial charge on any atom is 0.365 e. The number of aliphatic carboxylic acids is 1. The molecule has 1 rings (SSSR count). The van der Waals surface area contributed by atoms with E-state index in [2.05, 4.69) is 10.5 Å². The van der Waals surface area contributed by atoms with Crippen LogP contribution in [0.3, 0.4) is 0 Å². The first-order chi connectivity index (χ1) is 10.6. The third-order valence-corrected chi connectivity index (χ3v) is 2.89. The Kier molecular flexibility index (Phi) is 8.47. The Morgan fingerprint density at radius 3 is 2.73 bits per heavy atom. The number of carbonyl (C=O) groups is 2. The predicted octanol–water partition coefficient (Wildman–Crippen LogP) is 1.00. The first kappa shape index (κ1) is 17.8. The molecule has 0 aliphatic rings. The van der Waals surface area contributed by atoms with Crippen LogP contribution in [0.2, 0.25) is 0 Å². The molecular weight excluding hydrogens is 286 g/mol. The Balaban J connectivity index is 2.03. The van der Waals surface area contributed by atoms with Gasteiger partial charge in [-0.15, -0.1) is 0 Å². The molecule has 120 valence electrons. The summed E-state index contributed by atoms with van der Waals surface area (Å²) in [5.74, 6) is -1.47. The van der Waals surface area contributed by atoms with Crippen LogP contribution in [0.15, 0.2) is 35.5 Å². The lowest BCUT2D eigenvalue weighted by molar-refractivity contribution is -0.138. The fourth-order valence-corrected chi connectivity index (χ4v) is 1.65. The van der Waals surface area contributed by atoms with Gasteiger partial charge in [0.1, 0.15) is 6.04 Å². The molecule has 0 spiro atoms. The van der Waals surface area contributed by atoms with Crippen molar-refractivity contribution in [2.45, 2.75) is 25.3 Å². The van der Waals surface area contributed by atoms with Crippen molar-refractivity contribution in [2.24, 2.45) is 10.9 Å². The van der Waals surface area contributed by atoms with E-state index < -0.39 is 18.0 Å². The molecule has 0 amide bonds. The molecule has 22 heavy (non-hydrogen) atoms. The molecule has 0 saturated heterocycles. The van der Waals surface area contributed by atoms with Crippen molar-refractivity contribution in [3.8, 4) is 0 Å². The maximum atomic E-state index is 11.5. The zero-order chi connectivity index (χ0) is 16.2. The fraction of sp³-hybridized carbons (Fsp3) is 0.400. The van der Waals surface area contributed by atoms with Gasteiger partial charge in [-0.25, -0.2) is 4.79 Å². The average molecular weight is 307 g/mol. The summed E-state index contributed by atoms with van der Waals surface area (Å²) in [6.45, 7) is 1.18. The van der Waals surface area contributed by atoms with E-state index in [9.17, 15) is 9.59 Å². The summed E-state index contributed by atoms with van der Waals surface area (Å²) < 4.78 is 0. The van der Waals surface area contributed by atoms with Crippen LogP contribution < -0.4 is 11.1 Å². The molecule has 0 aliphatic heterocycles. The summed E-state index contributed by atoms with van der Waals surface area (Å²) in [4.78, 5) is 26.7. The van der Waals surface area contributed by atoms with E-state index >= 15 is 0 Å². The molecule has 1 aromatic carbocycles. The number of hydrogen-bond donors (Lipinski definition) is 3. The van der Waals surface area contributed by atoms with Gasteiger partial charge in [-0.2, -0.15) is 0 Å². The molecule has 0 aromatic heterocycles. The molecule has 7 heteroatoms. The predicted molar refractivity (Wildman–Crippen MR) is 82.7 cm³/mol. The summed E-state index contributed by atoms with van der Waals surface area (Å²) in [5, 5.41) is 15.3. The van der Waals surface area contributed by atoms with Crippen LogP contribution in [0, 0.1) is 0 Å². The van der Waals surface area contributed by atoms with Gasteiger partial charge < -0.3 is 21.0 Å². The van der Waals surface area contributed by atoms with Crippen molar-refractivity contribution in [1.82, 2.24) is 5.32 Å². The van der Waals surface area contributed by atoms with Gasteiger partial charge in [-0.1, -0.05) is 29.8 Å². The number of carboxylic acid groups (broad SMARTS) is 1. The molecule has 0 unspecified atom stereocenters. The molecular formula is C15H21N3O4. The number of unbranched alkanes of at least 4 members (excludes halogenated alkanes) is 1. The van der Waals surface area contributed by atoms with Crippen molar-refractivity contribution in [3.05, 3.63) is 35.9 Å². The highest BCUT2D eigenvalue weighted by atomic mass is 16.7. The standard InChI is InChI=1S/C15H21N3O4/c16-13(14(19)20)8-4-5-9-17-10-11-18-22-15(21)12-6-2-1-3-7-12/h1-3,6-7,11,13,17H,4-5,8-10,16H2,(H,19,20)/t13-/m0/s1. The van der Waals surface area contributed by atoms with Crippen LogP contribution in [0.1, 0.15) is 29.6 Å². The Hall–Kier alpha value is -2.25. The lowest BCUT2D eigenvalue weighted by atomic mass is 10.1. The van der Waals surface area contributed by atoms with Gasteiger partial charge in [0.2, 0.25) is 0 Å². The Labute approximate surface area is 129 Å². The van der Waals surface area contributed by atoms with Crippen LogP contribution in [0.4, 0.5) is 0 Å². The molecule has 4 N–H and O–H groups in total. The van der Waals surface area contributed by atoms with Crippen LogP contribution in [-0.2, 0) is 9.63 Å². The number of rotatable bonds is 10. The van der Waals surface area contributed by atoms with E-state index in [4.69, 9.17) is 15.7 Å². The summed E-state index contributed by atoms with van der Waals surface area (Å²) in [7, 11) is 0. The normalized spacial score (nSPS) is 12.2. The Morgan fingerprint density at radius 2 is 2.05 bits per heavy atom. The minimum Gasteiger partial charge on any atom is -0.480 e. The second-order valence-corrected chi connectivity index (χ2v) is 4.68. The number of oxime groups is 1. The highest BCUT2D eigenvalue weighted by Gasteiger charge is 2.09. The number of nitrogens with zero attached hydrogens (tertiary/aromatic N) is 1. The third kappa shape index (κ3) is 7.51. The summed E-state index contributed by atoms with van der Waals surface area (Å²) in [6.07, 6.45) is 3.48. The number of hydrogen-bond acceptors (Lipinski definition) is 6. The average Bonchev–Trinajstić information content (AvgIpc) is 2.53. The molecule has 0 aliphatic carbocycles. The van der Waals surface area contributed by atoms with Gasteiger partial charge in [0.05, 0.1) is 11.8 Å². The largest absolute Gasteiger partial charge is 0.480 e. The van der Waals surface area contributed by atoms with Crippen LogP contribution in [0.25, 0.3) is 0 Å².